The lowest BCUT2D eigenvalue weighted by atomic mass is 9.81. The van der Waals surface area contributed by atoms with Crippen LogP contribution in [0.4, 0.5) is 17.6 Å². The molecule has 3 atom stereocenters. The number of methoxy groups -OCH3 is 1. The van der Waals surface area contributed by atoms with Gasteiger partial charge in [0.2, 0.25) is 0 Å². The second-order valence-corrected chi connectivity index (χ2v) is 9.96. The first-order valence-corrected chi connectivity index (χ1v) is 12.8. The van der Waals surface area contributed by atoms with Gasteiger partial charge in [-0.1, -0.05) is 23.4 Å². The van der Waals surface area contributed by atoms with Gasteiger partial charge in [-0.25, -0.2) is 4.39 Å². The molecule has 4 rings (SSSR count). The number of fused-ring (bicyclic) bond motifs is 1. The smallest absolute Gasteiger partial charge is 0.416 e. The van der Waals surface area contributed by atoms with Gasteiger partial charge in [0.25, 0.3) is 0 Å². The van der Waals surface area contributed by atoms with Gasteiger partial charge in [-0.05, 0) is 79.8 Å². The molecule has 2 heterocycles. The van der Waals surface area contributed by atoms with Gasteiger partial charge in [0.05, 0.1) is 35.7 Å². The highest BCUT2D eigenvalue weighted by Crippen LogP contribution is 2.35. The fourth-order valence-electron chi connectivity index (χ4n) is 4.94. The molecule has 0 radical (unpaired) electrons. The van der Waals surface area contributed by atoms with Gasteiger partial charge in [0.1, 0.15) is 11.9 Å². The number of likely N-dealkylation sites (tertiary alicyclic amines) is 1. The number of carboxylic acid groups (broad SMARTS) is 1. The summed E-state index contributed by atoms with van der Waals surface area (Å²) >= 11 is 6.00. The lowest BCUT2D eigenvalue weighted by Gasteiger charge is -2.35. The number of ether oxygens (including phenoxy) is 1. The van der Waals surface area contributed by atoms with Crippen molar-refractivity contribution in [3.05, 3.63) is 70.4 Å². The van der Waals surface area contributed by atoms with E-state index in [2.05, 4.69) is 16.8 Å². The maximum Gasteiger partial charge on any atom is 0.416 e. The van der Waals surface area contributed by atoms with Gasteiger partial charge in [-0.2, -0.15) is 13.2 Å². The zero-order chi connectivity index (χ0) is 28.2. The van der Waals surface area contributed by atoms with Crippen LogP contribution in [0.5, 0.6) is 5.75 Å². The Kier molecular flexibility index (Phi) is 8.98. The van der Waals surface area contributed by atoms with E-state index in [1.165, 1.54) is 7.11 Å². The minimum Gasteiger partial charge on any atom is -0.497 e. The van der Waals surface area contributed by atoms with Crippen LogP contribution in [0, 0.1) is 23.7 Å². The van der Waals surface area contributed by atoms with Gasteiger partial charge in [0.15, 0.2) is 0 Å². The van der Waals surface area contributed by atoms with Gasteiger partial charge in [-0.3, -0.25) is 14.7 Å². The number of alkyl halides is 4. The Morgan fingerprint density at radius 2 is 2.05 bits per heavy atom. The summed E-state index contributed by atoms with van der Waals surface area (Å²) in [5.41, 5.74) is 0.367. The zero-order valence-corrected chi connectivity index (χ0v) is 21.9. The molecule has 1 aliphatic heterocycles. The number of halogens is 5. The predicted molar refractivity (Wildman–Crippen MR) is 140 cm³/mol. The summed E-state index contributed by atoms with van der Waals surface area (Å²) in [6.07, 6.45) is -3.14. The highest BCUT2D eigenvalue weighted by molar-refractivity contribution is 6.31. The summed E-state index contributed by atoms with van der Waals surface area (Å²) in [4.78, 5) is 18.2. The summed E-state index contributed by atoms with van der Waals surface area (Å²) in [6.45, 7) is 0.947. The molecule has 1 aromatic heterocycles. The van der Waals surface area contributed by atoms with Crippen LogP contribution < -0.4 is 4.74 Å². The van der Waals surface area contributed by atoms with Crippen LogP contribution in [0.25, 0.3) is 10.9 Å². The van der Waals surface area contributed by atoms with Crippen molar-refractivity contribution in [2.45, 2.75) is 31.6 Å². The first-order chi connectivity index (χ1) is 18.6. The van der Waals surface area contributed by atoms with E-state index in [1.807, 2.05) is 4.90 Å². The van der Waals surface area contributed by atoms with Gasteiger partial charge >= 0.3 is 12.1 Å². The van der Waals surface area contributed by atoms with Crippen molar-refractivity contribution in [1.82, 2.24) is 9.88 Å². The molecule has 1 N–H and O–H groups in total. The average molecular weight is 563 g/mol. The Bertz CT molecular complexity index is 1400. The molecule has 0 saturated carbocycles. The molecule has 1 fully saturated rings. The number of aromatic nitrogens is 1. The lowest BCUT2D eigenvalue weighted by Crippen LogP contribution is -2.44. The van der Waals surface area contributed by atoms with Crippen LogP contribution >= 0.6 is 11.6 Å². The molecule has 0 spiro atoms. The van der Waals surface area contributed by atoms with Crippen molar-refractivity contribution >= 4 is 28.5 Å². The van der Waals surface area contributed by atoms with Gasteiger partial charge in [-0.15, -0.1) is 0 Å². The average Bonchev–Trinajstić information content (AvgIpc) is 2.91. The molecule has 206 valence electrons. The highest BCUT2D eigenvalue weighted by atomic mass is 35.5. The molecule has 39 heavy (non-hydrogen) atoms. The molecule has 0 bridgehead atoms. The molecule has 1 aliphatic rings. The molecular formula is C29H27ClF4N2O3. The van der Waals surface area contributed by atoms with Crippen molar-refractivity contribution < 1.29 is 32.2 Å². The molecule has 3 aromatic rings. The third-order valence-electron chi connectivity index (χ3n) is 7.09. The summed E-state index contributed by atoms with van der Waals surface area (Å²) in [5.74, 6) is 4.20. The molecule has 0 amide bonds. The predicted octanol–water partition coefficient (Wildman–Crippen LogP) is 6.78. The maximum atomic E-state index is 15.4. The molecule has 10 heteroatoms. The number of nitrogens with zero attached hydrogens (tertiary/aromatic N) is 2. The Balaban J connectivity index is 1.39. The SMILES string of the molecule is COc1ccc2nccc(C(F)CC[C@@H]3CCN(CC#Cc4cc(C(F)(F)F)ccc4Cl)C[C@@H]3C(=O)O)c2c1. The second-order valence-electron chi connectivity index (χ2n) is 9.55. The van der Waals surface area contributed by atoms with E-state index >= 15 is 4.39 Å². The molecule has 2 aromatic carbocycles. The summed E-state index contributed by atoms with van der Waals surface area (Å²) in [5, 5.41) is 10.6. The van der Waals surface area contributed by atoms with Crippen LogP contribution in [0.1, 0.15) is 42.1 Å². The van der Waals surface area contributed by atoms with Crippen molar-refractivity contribution in [1.29, 1.82) is 0 Å². The molecule has 1 saturated heterocycles. The first kappa shape index (κ1) is 28.7. The third kappa shape index (κ3) is 7.00. The van der Waals surface area contributed by atoms with E-state index in [9.17, 15) is 23.1 Å². The Labute approximate surface area is 228 Å². The zero-order valence-electron chi connectivity index (χ0n) is 21.1. The molecule has 0 aliphatic carbocycles. The van der Waals surface area contributed by atoms with E-state index in [-0.39, 0.29) is 36.0 Å². The molecular weight excluding hydrogens is 536 g/mol. The minimum atomic E-state index is -4.51. The summed E-state index contributed by atoms with van der Waals surface area (Å²) in [7, 11) is 1.54. The number of pyridine rings is 1. The fraction of sp³-hybridized carbons (Fsp3) is 0.379. The monoisotopic (exact) mass is 562 g/mol. The number of aliphatic carboxylic acids is 1. The van der Waals surface area contributed by atoms with Crippen molar-refractivity contribution in [3.8, 4) is 17.6 Å². The number of rotatable bonds is 7. The lowest BCUT2D eigenvalue weighted by molar-refractivity contribution is -0.146. The Morgan fingerprint density at radius 3 is 2.77 bits per heavy atom. The van der Waals surface area contributed by atoms with Gasteiger partial charge < -0.3 is 9.84 Å². The van der Waals surface area contributed by atoms with Crippen LogP contribution in [0.3, 0.4) is 0 Å². The largest absolute Gasteiger partial charge is 0.497 e. The molecule has 1 unspecified atom stereocenters. The number of piperidine rings is 1. The van der Waals surface area contributed by atoms with Crippen molar-refractivity contribution in [3.63, 3.8) is 0 Å². The standard InChI is InChI=1S/C29H27ClF4N2O3/c1-39-21-6-9-27-23(16-21)22(10-12-35-27)26(31)8-4-18-11-14-36(17-24(18)28(37)38)13-2-3-19-15-20(29(32,33)34)5-7-25(19)30/h5-7,9-10,12,15-16,18,24,26H,4,8,11,13-14,17H2,1H3,(H,37,38)/t18-,24+,26?/m1/s1. The van der Waals surface area contributed by atoms with Crippen LogP contribution in [-0.2, 0) is 11.0 Å². The summed E-state index contributed by atoms with van der Waals surface area (Å²) in [6, 6.07) is 9.86. The third-order valence-corrected chi connectivity index (χ3v) is 7.42. The number of benzene rings is 2. The maximum absolute atomic E-state index is 15.4. The topological polar surface area (TPSA) is 62.7 Å². The normalized spacial score (nSPS) is 18.8. The Hall–Kier alpha value is -3.35. The number of hydrogen-bond donors (Lipinski definition) is 1. The van der Waals surface area contributed by atoms with Gasteiger partial charge in [0, 0.05) is 23.7 Å². The summed E-state index contributed by atoms with van der Waals surface area (Å²) < 4.78 is 59.6. The van der Waals surface area contributed by atoms with Crippen LogP contribution in [-0.4, -0.2) is 47.7 Å². The highest BCUT2D eigenvalue weighted by Gasteiger charge is 2.34. The fourth-order valence-corrected chi connectivity index (χ4v) is 5.11. The first-order valence-electron chi connectivity index (χ1n) is 12.4. The number of carboxylic acids is 1. The Morgan fingerprint density at radius 1 is 1.26 bits per heavy atom. The van der Waals surface area contributed by atoms with E-state index in [0.29, 0.717) is 41.6 Å². The quantitative estimate of drug-likeness (QED) is 0.254. The van der Waals surface area contributed by atoms with Crippen LogP contribution in [0.2, 0.25) is 5.02 Å². The molecule has 5 nitrogen and oxygen atoms in total. The van der Waals surface area contributed by atoms with E-state index in [4.69, 9.17) is 16.3 Å². The minimum absolute atomic E-state index is 0.0615. The van der Waals surface area contributed by atoms with Crippen molar-refractivity contribution in [2.75, 3.05) is 26.7 Å². The van der Waals surface area contributed by atoms with E-state index in [1.54, 1.807) is 30.5 Å². The number of hydrogen-bond acceptors (Lipinski definition) is 4. The van der Waals surface area contributed by atoms with Crippen LogP contribution in [0.15, 0.2) is 48.7 Å². The van der Waals surface area contributed by atoms with E-state index < -0.39 is 29.8 Å². The number of carbonyl (C=O) groups is 1. The van der Waals surface area contributed by atoms with Crippen molar-refractivity contribution in [2.24, 2.45) is 11.8 Å². The van der Waals surface area contributed by atoms with E-state index in [0.717, 1.165) is 18.2 Å². The second kappa shape index (κ2) is 12.2.